The summed E-state index contributed by atoms with van der Waals surface area (Å²) in [6.07, 6.45) is 7.73. The summed E-state index contributed by atoms with van der Waals surface area (Å²) in [7, 11) is 0. The number of nitrogens with one attached hydrogen (secondary N) is 1. The summed E-state index contributed by atoms with van der Waals surface area (Å²) >= 11 is 1.40. The molecule has 2 rings (SSSR count). The van der Waals surface area contributed by atoms with E-state index in [1.807, 2.05) is 11.4 Å². The van der Waals surface area contributed by atoms with Crippen molar-refractivity contribution >= 4 is 17.2 Å². The zero-order valence-corrected chi connectivity index (χ0v) is 12.5. The molecule has 1 fully saturated rings. The zero-order chi connectivity index (χ0) is 14.2. The van der Waals surface area contributed by atoms with Crippen molar-refractivity contribution in [2.24, 2.45) is 5.92 Å². The molecule has 1 amide bonds. The fourth-order valence-electron chi connectivity index (χ4n) is 2.66. The molecule has 0 spiro atoms. The monoisotopic (exact) mass is 291 g/mol. The Bertz CT molecular complexity index is 492. The lowest BCUT2D eigenvalue weighted by atomic mass is 9.87. The van der Waals surface area contributed by atoms with Gasteiger partial charge in [0.05, 0.1) is 0 Å². The maximum absolute atomic E-state index is 12.1. The third-order valence-corrected chi connectivity index (χ3v) is 4.65. The summed E-state index contributed by atoms with van der Waals surface area (Å²) in [5.41, 5.74) is 0.708. The highest BCUT2D eigenvalue weighted by Crippen LogP contribution is 2.25. The van der Waals surface area contributed by atoms with Crippen LogP contribution in [0.5, 0.6) is 0 Å². The van der Waals surface area contributed by atoms with Gasteiger partial charge in [-0.3, -0.25) is 4.79 Å². The van der Waals surface area contributed by atoms with Crippen molar-refractivity contribution < 1.29 is 9.90 Å². The van der Waals surface area contributed by atoms with Crippen molar-refractivity contribution in [1.82, 2.24) is 5.32 Å². The third kappa shape index (κ3) is 4.36. The fraction of sp³-hybridized carbons (Fsp3) is 0.562. The molecular formula is C16H21NO2S. The Hall–Kier alpha value is -1.31. The van der Waals surface area contributed by atoms with Gasteiger partial charge in [-0.1, -0.05) is 43.9 Å². The second-order valence-corrected chi connectivity index (χ2v) is 6.09. The number of hydrogen-bond acceptors (Lipinski definition) is 3. The van der Waals surface area contributed by atoms with E-state index in [-0.39, 0.29) is 12.5 Å². The second kappa shape index (κ2) is 8.08. The van der Waals surface area contributed by atoms with E-state index in [0.29, 0.717) is 10.4 Å². The van der Waals surface area contributed by atoms with E-state index in [2.05, 4.69) is 17.2 Å². The number of carbonyl (C=O) groups excluding carboxylic acids is 1. The first-order chi connectivity index (χ1) is 9.81. The van der Waals surface area contributed by atoms with Crippen LogP contribution in [0.2, 0.25) is 0 Å². The first-order valence-corrected chi connectivity index (χ1v) is 8.14. The minimum atomic E-state index is -0.182. The van der Waals surface area contributed by atoms with Crippen molar-refractivity contribution in [3.8, 4) is 11.8 Å². The lowest BCUT2D eigenvalue weighted by molar-refractivity contribution is 0.0954. The minimum absolute atomic E-state index is 0.0435. The number of carbonyl (C=O) groups is 1. The van der Waals surface area contributed by atoms with Gasteiger partial charge in [0.25, 0.3) is 5.91 Å². The molecule has 1 saturated carbocycles. The first kappa shape index (κ1) is 15.1. The molecule has 0 saturated heterocycles. The highest BCUT2D eigenvalue weighted by atomic mass is 32.1. The lowest BCUT2D eigenvalue weighted by Gasteiger charge is -2.21. The molecule has 20 heavy (non-hydrogen) atoms. The van der Waals surface area contributed by atoms with Crippen LogP contribution in [0, 0.1) is 17.8 Å². The molecule has 1 aliphatic rings. The molecule has 1 aromatic rings. The molecule has 1 heterocycles. The highest BCUT2D eigenvalue weighted by Gasteiger charge is 2.15. The molecule has 0 aliphatic heterocycles. The Morgan fingerprint density at radius 3 is 2.95 bits per heavy atom. The molecule has 0 unspecified atom stereocenters. The van der Waals surface area contributed by atoms with Crippen molar-refractivity contribution in [3.63, 3.8) is 0 Å². The van der Waals surface area contributed by atoms with E-state index in [1.54, 1.807) is 0 Å². The first-order valence-electron chi connectivity index (χ1n) is 7.26. The summed E-state index contributed by atoms with van der Waals surface area (Å²) in [6.45, 7) is 0.562. The van der Waals surface area contributed by atoms with Gasteiger partial charge in [-0.2, -0.15) is 0 Å². The number of amides is 1. The minimum Gasteiger partial charge on any atom is -0.384 e. The molecule has 1 aromatic heterocycles. The van der Waals surface area contributed by atoms with Gasteiger partial charge >= 0.3 is 0 Å². The highest BCUT2D eigenvalue weighted by molar-refractivity contribution is 7.12. The van der Waals surface area contributed by atoms with Crippen LogP contribution in [0.25, 0.3) is 0 Å². The van der Waals surface area contributed by atoms with Crippen LogP contribution >= 0.6 is 11.3 Å². The molecule has 0 aromatic carbocycles. The van der Waals surface area contributed by atoms with E-state index in [0.717, 1.165) is 18.9 Å². The van der Waals surface area contributed by atoms with E-state index in [1.165, 1.54) is 43.4 Å². The van der Waals surface area contributed by atoms with Gasteiger partial charge in [-0.05, 0) is 23.8 Å². The topological polar surface area (TPSA) is 49.3 Å². The number of aliphatic hydroxyl groups is 1. The number of aliphatic hydroxyl groups excluding tert-OH is 1. The maximum atomic E-state index is 12.1. The van der Waals surface area contributed by atoms with Crippen LogP contribution in [0.3, 0.4) is 0 Å². The number of rotatable bonds is 4. The van der Waals surface area contributed by atoms with Crippen molar-refractivity contribution in [1.29, 1.82) is 0 Å². The van der Waals surface area contributed by atoms with Crippen LogP contribution < -0.4 is 5.32 Å². The van der Waals surface area contributed by atoms with Crippen LogP contribution in [-0.4, -0.2) is 24.2 Å². The Morgan fingerprint density at radius 1 is 1.40 bits per heavy atom. The molecule has 0 bridgehead atoms. The molecular weight excluding hydrogens is 270 g/mol. The summed E-state index contributed by atoms with van der Waals surface area (Å²) in [5.74, 6) is 6.13. The summed E-state index contributed by atoms with van der Waals surface area (Å²) in [5, 5.41) is 13.6. The zero-order valence-electron chi connectivity index (χ0n) is 11.7. The smallest absolute Gasteiger partial charge is 0.262 e. The van der Waals surface area contributed by atoms with Crippen LogP contribution in [0.15, 0.2) is 11.4 Å². The molecule has 0 radical (unpaired) electrons. The Kier molecular flexibility index (Phi) is 6.10. The molecule has 2 N–H and O–H groups in total. The standard InChI is InChI=1S/C16H21NO2S/c18-11-4-7-14-9-12-20-15(14)16(19)17-10-8-13-5-2-1-3-6-13/h9,12-13,18H,1-3,5-6,8,10-11H2,(H,17,19). The fourth-order valence-corrected chi connectivity index (χ4v) is 3.43. The molecule has 0 atom stereocenters. The van der Waals surface area contributed by atoms with Gasteiger partial charge in [0.1, 0.15) is 11.5 Å². The van der Waals surface area contributed by atoms with E-state index >= 15 is 0 Å². The van der Waals surface area contributed by atoms with Crippen molar-refractivity contribution in [2.75, 3.05) is 13.2 Å². The van der Waals surface area contributed by atoms with Crippen LogP contribution in [-0.2, 0) is 0 Å². The van der Waals surface area contributed by atoms with Gasteiger partial charge in [0.2, 0.25) is 0 Å². The van der Waals surface area contributed by atoms with Gasteiger partial charge in [0.15, 0.2) is 0 Å². The van der Waals surface area contributed by atoms with E-state index in [4.69, 9.17) is 5.11 Å². The predicted octanol–water partition coefficient (Wildman–Crippen LogP) is 2.79. The second-order valence-electron chi connectivity index (χ2n) is 5.17. The van der Waals surface area contributed by atoms with Gasteiger partial charge in [0, 0.05) is 12.1 Å². The molecule has 108 valence electrons. The lowest BCUT2D eigenvalue weighted by Crippen LogP contribution is -2.26. The van der Waals surface area contributed by atoms with E-state index in [9.17, 15) is 4.79 Å². The third-order valence-electron chi connectivity index (χ3n) is 3.74. The molecule has 4 heteroatoms. The van der Waals surface area contributed by atoms with Gasteiger partial charge < -0.3 is 10.4 Å². The quantitative estimate of drug-likeness (QED) is 0.838. The average Bonchev–Trinajstić information content (AvgIpc) is 2.94. The van der Waals surface area contributed by atoms with Gasteiger partial charge in [-0.25, -0.2) is 0 Å². The maximum Gasteiger partial charge on any atom is 0.262 e. The van der Waals surface area contributed by atoms with E-state index < -0.39 is 0 Å². The SMILES string of the molecule is O=C(NCCC1CCCCC1)c1sccc1C#CCO. The summed E-state index contributed by atoms with van der Waals surface area (Å²) in [6, 6.07) is 1.82. The summed E-state index contributed by atoms with van der Waals surface area (Å²) in [4.78, 5) is 12.7. The summed E-state index contributed by atoms with van der Waals surface area (Å²) < 4.78 is 0. The molecule has 1 aliphatic carbocycles. The van der Waals surface area contributed by atoms with Crippen LogP contribution in [0.4, 0.5) is 0 Å². The predicted molar refractivity (Wildman–Crippen MR) is 81.8 cm³/mol. The number of hydrogen-bond donors (Lipinski definition) is 2. The largest absolute Gasteiger partial charge is 0.384 e. The van der Waals surface area contributed by atoms with Crippen LogP contribution in [0.1, 0.15) is 53.8 Å². The Labute approximate surface area is 124 Å². The number of thiophene rings is 1. The average molecular weight is 291 g/mol. The van der Waals surface area contributed by atoms with Gasteiger partial charge in [-0.15, -0.1) is 11.3 Å². The van der Waals surface area contributed by atoms with Crippen molar-refractivity contribution in [3.05, 3.63) is 21.9 Å². The van der Waals surface area contributed by atoms with Crippen molar-refractivity contribution in [2.45, 2.75) is 38.5 Å². The Balaban J connectivity index is 1.81. The Morgan fingerprint density at radius 2 is 2.20 bits per heavy atom. The molecule has 3 nitrogen and oxygen atoms in total. The normalized spacial score (nSPS) is 15.4.